The molecule has 0 spiro atoms. The van der Waals surface area contributed by atoms with E-state index in [9.17, 15) is 19.2 Å². The van der Waals surface area contributed by atoms with E-state index in [0.717, 1.165) is 0 Å². The molecule has 1 unspecified atom stereocenters. The van der Waals surface area contributed by atoms with Gasteiger partial charge in [0.1, 0.15) is 0 Å². The van der Waals surface area contributed by atoms with Crippen LogP contribution in [0.4, 0.5) is 0 Å². The van der Waals surface area contributed by atoms with Gasteiger partial charge in [-0.3, -0.25) is 24.5 Å². The number of Topliss-reactive ketones (excluding diaryl/α,β-unsaturated/α-hetero) is 1. The third-order valence-corrected chi connectivity index (χ3v) is 3.21. The van der Waals surface area contributed by atoms with Crippen molar-refractivity contribution >= 4 is 36.1 Å². The Morgan fingerprint density at radius 1 is 1.40 bits per heavy atom. The molecule has 2 atom stereocenters. The maximum atomic E-state index is 11.8. The van der Waals surface area contributed by atoms with Gasteiger partial charge in [0.25, 0.3) is 0 Å². The first-order valence-electron chi connectivity index (χ1n) is 6.16. The fraction of sp³-hybridized carbons (Fsp3) is 0.636. The molecule has 1 saturated heterocycles. The summed E-state index contributed by atoms with van der Waals surface area (Å²) >= 11 is 4.01. The minimum Gasteiger partial charge on any atom is -0.368 e. The lowest BCUT2D eigenvalue weighted by atomic mass is 10.1. The number of carbonyl (C=O) groups is 4. The number of carbonyl (C=O) groups excluding carboxylic acids is 4. The van der Waals surface area contributed by atoms with Gasteiger partial charge < -0.3 is 16.4 Å². The fourth-order valence-electron chi connectivity index (χ4n) is 1.74. The Kier molecular flexibility index (Phi) is 6.46. The maximum absolute atomic E-state index is 11.8. The summed E-state index contributed by atoms with van der Waals surface area (Å²) in [5.41, 5.74) is 4.93. The monoisotopic (exact) mass is 302 g/mol. The molecule has 9 heteroatoms. The SMILES string of the molecule is NC(=O)CNC(=O)[C@@H]1CCC(=O)NC(CS)C(=O)CN1. The first-order chi connectivity index (χ1) is 9.43. The summed E-state index contributed by atoms with van der Waals surface area (Å²) < 4.78 is 0. The third kappa shape index (κ3) is 5.17. The van der Waals surface area contributed by atoms with Crippen LogP contribution in [-0.2, 0) is 19.2 Å². The van der Waals surface area contributed by atoms with Crippen molar-refractivity contribution in [3.05, 3.63) is 0 Å². The highest BCUT2D eigenvalue weighted by Gasteiger charge is 2.26. The van der Waals surface area contributed by atoms with Crippen LogP contribution >= 0.6 is 12.6 Å². The molecule has 0 bridgehead atoms. The van der Waals surface area contributed by atoms with Gasteiger partial charge in [0.15, 0.2) is 5.78 Å². The number of amides is 3. The number of rotatable bonds is 4. The Labute approximate surface area is 121 Å². The lowest BCUT2D eigenvalue weighted by molar-refractivity contribution is -0.126. The number of hydrogen-bond donors (Lipinski definition) is 5. The van der Waals surface area contributed by atoms with Crippen LogP contribution in [0.3, 0.4) is 0 Å². The van der Waals surface area contributed by atoms with Crippen molar-refractivity contribution in [1.29, 1.82) is 0 Å². The van der Waals surface area contributed by atoms with E-state index in [-0.39, 0.29) is 43.4 Å². The Balaban J connectivity index is 2.65. The van der Waals surface area contributed by atoms with Gasteiger partial charge in [-0.1, -0.05) is 0 Å². The quantitative estimate of drug-likeness (QED) is 0.361. The van der Waals surface area contributed by atoms with Gasteiger partial charge >= 0.3 is 0 Å². The highest BCUT2D eigenvalue weighted by atomic mass is 32.1. The molecule has 0 aromatic carbocycles. The number of nitrogens with two attached hydrogens (primary N) is 1. The number of primary amides is 1. The van der Waals surface area contributed by atoms with Gasteiger partial charge in [-0.05, 0) is 6.42 Å². The lowest BCUT2D eigenvalue weighted by Gasteiger charge is -2.16. The highest BCUT2D eigenvalue weighted by Crippen LogP contribution is 2.03. The zero-order chi connectivity index (χ0) is 15.1. The number of ketones is 1. The summed E-state index contributed by atoms with van der Waals surface area (Å²) in [6, 6.07) is -1.38. The molecular weight excluding hydrogens is 284 g/mol. The molecule has 112 valence electrons. The Morgan fingerprint density at radius 2 is 2.10 bits per heavy atom. The minimum absolute atomic E-state index is 0.0554. The first kappa shape index (κ1) is 16.4. The average molecular weight is 302 g/mol. The molecule has 5 N–H and O–H groups in total. The molecule has 1 fully saturated rings. The normalized spacial score (nSPS) is 24.1. The molecular formula is C11H18N4O4S. The molecule has 20 heavy (non-hydrogen) atoms. The van der Waals surface area contributed by atoms with E-state index in [0.29, 0.717) is 0 Å². The molecule has 0 aliphatic carbocycles. The molecule has 1 heterocycles. The van der Waals surface area contributed by atoms with E-state index in [4.69, 9.17) is 5.73 Å². The van der Waals surface area contributed by atoms with Crippen molar-refractivity contribution in [2.75, 3.05) is 18.8 Å². The van der Waals surface area contributed by atoms with Crippen LogP contribution in [0.5, 0.6) is 0 Å². The van der Waals surface area contributed by atoms with Crippen molar-refractivity contribution in [3.8, 4) is 0 Å². The Bertz CT molecular complexity index is 415. The highest BCUT2D eigenvalue weighted by molar-refractivity contribution is 7.80. The van der Waals surface area contributed by atoms with E-state index >= 15 is 0 Å². The van der Waals surface area contributed by atoms with Gasteiger partial charge in [-0.2, -0.15) is 12.6 Å². The topological polar surface area (TPSA) is 130 Å². The minimum atomic E-state index is -0.720. The van der Waals surface area contributed by atoms with Crippen LogP contribution in [0.1, 0.15) is 12.8 Å². The summed E-state index contributed by atoms with van der Waals surface area (Å²) in [5.74, 6) is -1.49. The van der Waals surface area contributed by atoms with Crippen LogP contribution in [0, 0.1) is 0 Å². The second-order valence-electron chi connectivity index (χ2n) is 4.43. The first-order valence-corrected chi connectivity index (χ1v) is 6.79. The van der Waals surface area contributed by atoms with E-state index < -0.39 is 23.9 Å². The van der Waals surface area contributed by atoms with Crippen LogP contribution < -0.4 is 21.7 Å². The third-order valence-electron chi connectivity index (χ3n) is 2.84. The van der Waals surface area contributed by atoms with Crippen molar-refractivity contribution in [3.63, 3.8) is 0 Å². The zero-order valence-corrected chi connectivity index (χ0v) is 11.7. The predicted octanol–water partition coefficient (Wildman–Crippen LogP) is -2.68. The molecule has 8 nitrogen and oxygen atoms in total. The molecule has 0 aromatic rings. The van der Waals surface area contributed by atoms with Crippen molar-refractivity contribution < 1.29 is 19.2 Å². The van der Waals surface area contributed by atoms with Gasteiger partial charge in [-0.25, -0.2) is 0 Å². The molecule has 1 aliphatic heterocycles. The Morgan fingerprint density at radius 3 is 2.70 bits per heavy atom. The number of hydrogen-bond acceptors (Lipinski definition) is 6. The average Bonchev–Trinajstić information content (AvgIpc) is 2.47. The van der Waals surface area contributed by atoms with Crippen molar-refractivity contribution in [2.24, 2.45) is 5.73 Å². The van der Waals surface area contributed by atoms with E-state index in [1.165, 1.54) is 0 Å². The summed E-state index contributed by atoms with van der Waals surface area (Å²) in [6.45, 7) is -0.337. The van der Waals surface area contributed by atoms with Gasteiger partial charge in [0.05, 0.1) is 25.2 Å². The Hall–Kier alpha value is -1.61. The van der Waals surface area contributed by atoms with Crippen LogP contribution in [0.25, 0.3) is 0 Å². The van der Waals surface area contributed by atoms with Gasteiger partial charge in [0, 0.05) is 12.2 Å². The summed E-state index contributed by atoms with van der Waals surface area (Å²) in [7, 11) is 0. The number of nitrogens with one attached hydrogen (secondary N) is 3. The molecule has 3 amide bonds. The summed E-state index contributed by atoms with van der Waals surface area (Å²) in [4.78, 5) is 45.8. The molecule has 0 aromatic heterocycles. The molecule has 0 saturated carbocycles. The maximum Gasteiger partial charge on any atom is 0.237 e. The largest absolute Gasteiger partial charge is 0.368 e. The second-order valence-corrected chi connectivity index (χ2v) is 4.79. The standard InChI is InChI=1S/C11H18N4O4S/c12-9(17)4-14-11(19)6-1-2-10(18)15-7(5-20)8(16)3-13-6/h6-7,13,20H,1-5H2,(H2,12,17)(H,14,19)(H,15,18)/t6-,7?/m0/s1. The van der Waals surface area contributed by atoms with E-state index in [1.807, 2.05) is 0 Å². The second kappa shape index (κ2) is 7.85. The zero-order valence-electron chi connectivity index (χ0n) is 10.8. The summed E-state index contributed by atoms with van der Waals surface area (Å²) in [5, 5.41) is 7.68. The van der Waals surface area contributed by atoms with Crippen LogP contribution in [-0.4, -0.2) is 54.4 Å². The van der Waals surface area contributed by atoms with Crippen LogP contribution in [0.2, 0.25) is 0 Å². The smallest absolute Gasteiger partial charge is 0.237 e. The van der Waals surface area contributed by atoms with Crippen molar-refractivity contribution in [2.45, 2.75) is 24.9 Å². The predicted molar refractivity (Wildman–Crippen MR) is 74.0 cm³/mol. The van der Waals surface area contributed by atoms with Crippen molar-refractivity contribution in [1.82, 2.24) is 16.0 Å². The molecule has 0 radical (unpaired) electrons. The van der Waals surface area contributed by atoms with Gasteiger partial charge in [-0.15, -0.1) is 0 Å². The van der Waals surface area contributed by atoms with Crippen LogP contribution in [0.15, 0.2) is 0 Å². The fourth-order valence-corrected chi connectivity index (χ4v) is 2.04. The van der Waals surface area contributed by atoms with E-state index in [2.05, 4.69) is 28.6 Å². The molecule has 1 aliphatic rings. The van der Waals surface area contributed by atoms with Gasteiger partial charge in [0.2, 0.25) is 17.7 Å². The van der Waals surface area contributed by atoms with E-state index in [1.54, 1.807) is 0 Å². The summed E-state index contributed by atoms with van der Waals surface area (Å²) in [6.07, 6.45) is 0.322. The number of thiol groups is 1. The molecule has 1 rings (SSSR count). The lowest BCUT2D eigenvalue weighted by Crippen LogP contribution is -2.49.